The third-order valence-electron chi connectivity index (χ3n) is 2.92. The molecular formula is C11H24N2O3S. The summed E-state index contributed by atoms with van der Waals surface area (Å²) in [6.45, 7) is 3.49. The maximum Gasteiger partial charge on any atom is 0.211 e. The van der Waals surface area contributed by atoms with Crippen molar-refractivity contribution in [3.63, 3.8) is 0 Å². The summed E-state index contributed by atoms with van der Waals surface area (Å²) in [5.74, 6) is 0.223. The molecule has 2 N–H and O–H groups in total. The van der Waals surface area contributed by atoms with Crippen molar-refractivity contribution in [3.8, 4) is 0 Å². The molecule has 5 nitrogen and oxygen atoms in total. The van der Waals surface area contributed by atoms with Gasteiger partial charge in [-0.15, -0.1) is 0 Å². The molecule has 102 valence electrons. The van der Waals surface area contributed by atoms with Crippen molar-refractivity contribution in [1.29, 1.82) is 0 Å². The van der Waals surface area contributed by atoms with Gasteiger partial charge in [-0.05, 0) is 46.2 Å². The Morgan fingerprint density at radius 3 is 2.76 bits per heavy atom. The Labute approximate surface area is 104 Å². The van der Waals surface area contributed by atoms with Crippen LogP contribution in [0.15, 0.2) is 0 Å². The summed E-state index contributed by atoms with van der Waals surface area (Å²) in [4.78, 5) is 0. The highest BCUT2D eigenvalue weighted by molar-refractivity contribution is 7.89. The molecule has 2 atom stereocenters. The van der Waals surface area contributed by atoms with Crippen molar-refractivity contribution in [2.75, 3.05) is 26.0 Å². The first-order valence-corrected chi connectivity index (χ1v) is 7.95. The molecule has 1 rings (SSSR count). The van der Waals surface area contributed by atoms with Gasteiger partial charge in [0.05, 0.1) is 11.9 Å². The maximum absolute atomic E-state index is 11.8. The number of rotatable bonds is 7. The highest BCUT2D eigenvalue weighted by atomic mass is 32.2. The number of hydrogen-bond acceptors (Lipinski definition) is 4. The molecule has 0 spiro atoms. The SMILES string of the molecule is CNCCCCS(=O)(=O)NC1CCOC(C)C1. The van der Waals surface area contributed by atoms with E-state index in [0.29, 0.717) is 13.0 Å². The zero-order chi connectivity index (χ0) is 12.7. The second-order valence-electron chi connectivity index (χ2n) is 4.65. The van der Waals surface area contributed by atoms with Crippen LogP contribution in [0.25, 0.3) is 0 Å². The maximum atomic E-state index is 11.8. The van der Waals surface area contributed by atoms with Gasteiger partial charge in [-0.3, -0.25) is 0 Å². The first-order chi connectivity index (χ1) is 8.03. The minimum atomic E-state index is -3.12. The number of hydrogen-bond donors (Lipinski definition) is 2. The van der Waals surface area contributed by atoms with Crippen LogP contribution in [-0.4, -0.2) is 46.5 Å². The quantitative estimate of drug-likeness (QED) is 0.656. The molecule has 0 aromatic rings. The molecule has 17 heavy (non-hydrogen) atoms. The van der Waals surface area contributed by atoms with Crippen LogP contribution in [0.4, 0.5) is 0 Å². The molecular weight excluding hydrogens is 240 g/mol. The molecule has 0 amide bonds. The topological polar surface area (TPSA) is 67.4 Å². The fraction of sp³-hybridized carbons (Fsp3) is 1.00. The van der Waals surface area contributed by atoms with Crippen molar-refractivity contribution >= 4 is 10.0 Å². The van der Waals surface area contributed by atoms with Crippen LogP contribution in [0, 0.1) is 0 Å². The smallest absolute Gasteiger partial charge is 0.211 e. The molecule has 0 aromatic heterocycles. The van der Waals surface area contributed by atoms with Crippen LogP contribution in [0.1, 0.15) is 32.6 Å². The minimum absolute atomic E-state index is 0.0491. The van der Waals surface area contributed by atoms with E-state index in [1.54, 1.807) is 0 Å². The van der Waals surface area contributed by atoms with Crippen molar-refractivity contribution in [2.45, 2.75) is 44.8 Å². The van der Waals surface area contributed by atoms with E-state index in [1.165, 1.54) is 0 Å². The third kappa shape index (κ3) is 6.35. The van der Waals surface area contributed by atoms with Gasteiger partial charge in [0, 0.05) is 12.6 Å². The molecule has 1 fully saturated rings. The first kappa shape index (κ1) is 14.9. The Balaban J connectivity index is 2.27. The zero-order valence-corrected chi connectivity index (χ0v) is 11.6. The Kier molecular flexibility index (Phi) is 6.40. The lowest BCUT2D eigenvalue weighted by Crippen LogP contribution is -2.42. The van der Waals surface area contributed by atoms with E-state index in [4.69, 9.17) is 4.74 Å². The van der Waals surface area contributed by atoms with Crippen molar-refractivity contribution in [1.82, 2.24) is 10.0 Å². The average molecular weight is 264 g/mol. The summed E-state index contributed by atoms with van der Waals surface area (Å²) >= 11 is 0. The number of ether oxygens (including phenoxy) is 1. The summed E-state index contributed by atoms with van der Waals surface area (Å²) in [5.41, 5.74) is 0. The molecule has 1 aliphatic rings. The molecule has 0 bridgehead atoms. The van der Waals surface area contributed by atoms with Gasteiger partial charge in [0.15, 0.2) is 0 Å². The van der Waals surface area contributed by atoms with Crippen molar-refractivity contribution in [2.24, 2.45) is 0 Å². The molecule has 6 heteroatoms. The molecule has 0 saturated carbocycles. The third-order valence-corrected chi connectivity index (χ3v) is 4.44. The van der Waals surface area contributed by atoms with E-state index >= 15 is 0 Å². The normalized spacial score (nSPS) is 26.0. The molecule has 0 aromatic carbocycles. The summed E-state index contributed by atoms with van der Waals surface area (Å²) in [6, 6.07) is 0.0491. The predicted molar refractivity (Wildman–Crippen MR) is 68.5 cm³/mol. The standard InChI is InChI=1S/C11H24N2O3S/c1-10-9-11(5-7-16-10)13-17(14,15)8-4-3-6-12-2/h10-13H,3-9H2,1-2H3. The molecule has 0 radical (unpaired) electrons. The van der Waals surface area contributed by atoms with E-state index in [-0.39, 0.29) is 17.9 Å². The van der Waals surface area contributed by atoms with Gasteiger partial charge in [-0.1, -0.05) is 0 Å². The van der Waals surface area contributed by atoms with E-state index in [0.717, 1.165) is 25.8 Å². The minimum Gasteiger partial charge on any atom is -0.378 e. The Morgan fingerprint density at radius 2 is 2.12 bits per heavy atom. The van der Waals surface area contributed by atoms with Crippen LogP contribution >= 0.6 is 0 Å². The Hall–Kier alpha value is -0.170. The van der Waals surface area contributed by atoms with E-state index in [9.17, 15) is 8.42 Å². The molecule has 2 unspecified atom stereocenters. The molecule has 1 saturated heterocycles. The Morgan fingerprint density at radius 1 is 1.35 bits per heavy atom. The number of sulfonamides is 1. The van der Waals surface area contributed by atoms with Crippen LogP contribution in [0.5, 0.6) is 0 Å². The molecule has 0 aliphatic carbocycles. The van der Waals surface area contributed by atoms with E-state index < -0.39 is 10.0 Å². The molecule has 1 aliphatic heterocycles. The van der Waals surface area contributed by atoms with Gasteiger partial charge in [0.1, 0.15) is 0 Å². The van der Waals surface area contributed by atoms with Crippen LogP contribution in [0.2, 0.25) is 0 Å². The summed E-state index contributed by atoms with van der Waals surface area (Å²) in [5, 5.41) is 3.01. The average Bonchev–Trinajstić information content (AvgIpc) is 2.24. The van der Waals surface area contributed by atoms with Gasteiger partial charge in [-0.2, -0.15) is 0 Å². The fourth-order valence-electron chi connectivity index (χ4n) is 2.01. The van der Waals surface area contributed by atoms with Crippen molar-refractivity contribution < 1.29 is 13.2 Å². The largest absolute Gasteiger partial charge is 0.378 e. The first-order valence-electron chi connectivity index (χ1n) is 6.29. The number of nitrogens with one attached hydrogen (secondary N) is 2. The lowest BCUT2D eigenvalue weighted by atomic mass is 10.1. The van der Waals surface area contributed by atoms with E-state index in [1.807, 2.05) is 14.0 Å². The highest BCUT2D eigenvalue weighted by Gasteiger charge is 2.23. The Bertz CT molecular complexity index is 306. The van der Waals surface area contributed by atoms with Gasteiger partial charge in [0.2, 0.25) is 10.0 Å². The number of unbranched alkanes of at least 4 members (excludes halogenated alkanes) is 1. The summed E-state index contributed by atoms with van der Waals surface area (Å²) < 4.78 is 31.8. The fourth-order valence-corrected chi connectivity index (χ4v) is 3.44. The lowest BCUT2D eigenvalue weighted by molar-refractivity contribution is 0.0173. The highest BCUT2D eigenvalue weighted by Crippen LogP contribution is 2.14. The van der Waals surface area contributed by atoms with Gasteiger partial charge < -0.3 is 10.1 Å². The zero-order valence-electron chi connectivity index (χ0n) is 10.7. The van der Waals surface area contributed by atoms with Crippen molar-refractivity contribution in [3.05, 3.63) is 0 Å². The van der Waals surface area contributed by atoms with Gasteiger partial charge in [0.25, 0.3) is 0 Å². The van der Waals surface area contributed by atoms with Gasteiger partial charge in [-0.25, -0.2) is 13.1 Å². The van der Waals surface area contributed by atoms with Crippen LogP contribution in [-0.2, 0) is 14.8 Å². The van der Waals surface area contributed by atoms with E-state index in [2.05, 4.69) is 10.0 Å². The van der Waals surface area contributed by atoms with Gasteiger partial charge >= 0.3 is 0 Å². The summed E-state index contributed by atoms with van der Waals surface area (Å²) in [7, 11) is -1.25. The second kappa shape index (κ2) is 7.31. The summed E-state index contributed by atoms with van der Waals surface area (Å²) in [6.07, 6.45) is 3.30. The van der Waals surface area contributed by atoms with Crippen LogP contribution < -0.4 is 10.0 Å². The molecule has 1 heterocycles. The van der Waals surface area contributed by atoms with Crippen LogP contribution in [0.3, 0.4) is 0 Å². The second-order valence-corrected chi connectivity index (χ2v) is 6.52. The predicted octanol–water partition coefficient (Wildman–Crippen LogP) is 0.473. The monoisotopic (exact) mass is 264 g/mol. The lowest BCUT2D eigenvalue weighted by Gasteiger charge is -2.27.